The first-order valence-corrected chi connectivity index (χ1v) is 10.7. The van der Waals surface area contributed by atoms with Gasteiger partial charge in [0.05, 0.1) is 0 Å². The maximum absolute atomic E-state index is 12.2. The number of fused-ring (bicyclic) bond motifs is 3. The van der Waals surface area contributed by atoms with Crippen molar-refractivity contribution in [1.82, 2.24) is 10.6 Å². The average molecular weight is 444 g/mol. The summed E-state index contributed by atoms with van der Waals surface area (Å²) in [5.74, 6) is -1.68. The van der Waals surface area contributed by atoms with E-state index in [9.17, 15) is 19.5 Å². The number of carbonyl (C=O) groups excluding carboxylic acids is 2. The Labute approximate surface area is 191 Å². The molecule has 1 atom stereocenters. The zero-order valence-electron chi connectivity index (χ0n) is 17.9. The number of rotatable bonds is 8. The summed E-state index contributed by atoms with van der Waals surface area (Å²) in [6, 6.07) is 23.4. The van der Waals surface area contributed by atoms with Crippen LogP contribution in [0.15, 0.2) is 78.9 Å². The second-order valence-electron chi connectivity index (χ2n) is 7.75. The fourth-order valence-corrected chi connectivity index (χ4v) is 4.09. The first kappa shape index (κ1) is 22.1. The molecule has 4 rings (SSSR count). The average Bonchev–Trinajstić information content (AvgIpc) is 3.15. The van der Waals surface area contributed by atoms with E-state index >= 15 is 0 Å². The van der Waals surface area contributed by atoms with Crippen molar-refractivity contribution >= 4 is 18.0 Å². The van der Waals surface area contributed by atoms with Crippen LogP contribution in [-0.4, -0.2) is 36.2 Å². The van der Waals surface area contributed by atoms with E-state index in [1.165, 1.54) is 0 Å². The van der Waals surface area contributed by atoms with E-state index in [1.807, 2.05) is 36.4 Å². The number of nitrogens with one attached hydrogen (secondary N) is 2. The fraction of sp³-hybridized carbons (Fsp3) is 0.192. The summed E-state index contributed by atoms with van der Waals surface area (Å²) in [5, 5.41) is 14.4. The van der Waals surface area contributed by atoms with Gasteiger partial charge in [-0.05, 0) is 27.8 Å². The number of carbonyl (C=O) groups is 3. The van der Waals surface area contributed by atoms with Crippen LogP contribution in [0.25, 0.3) is 11.1 Å². The largest absolute Gasteiger partial charge is 0.479 e. The molecule has 1 aliphatic rings. The van der Waals surface area contributed by atoms with Gasteiger partial charge in [0.15, 0.2) is 6.04 Å². The second-order valence-corrected chi connectivity index (χ2v) is 7.75. The second kappa shape index (κ2) is 9.99. The highest BCUT2D eigenvalue weighted by Gasteiger charge is 2.29. The number of aliphatic carboxylic acids is 1. The third-order valence-corrected chi connectivity index (χ3v) is 5.65. The third-order valence-electron chi connectivity index (χ3n) is 5.65. The zero-order valence-corrected chi connectivity index (χ0v) is 17.9. The molecule has 0 aromatic heterocycles. The minimum Gasteiger partial charge on any atom is -0.479 e. The number of benzene rings is 3. The molecule has 0 saturated heterocycles. The quantitative estimate of drug-likeness (QED) is 0.489. The standard InChI is InChI=1S/C26H24N2O5/c29-23(28-24(25(30)31)17-8-2-1-3-9-17)14-15-27-26(32)33-16-22-20-12-6-4-10-18(20)19-11-5-7-13-21(19)22/h1-13,22,24H,14-16H2,(H,27,32)(H,28,29)(H,30,31). The van der Waals surface area contributed by atoms with Crippen LogP contribution in [0.3, 0.4) is 0 Å². The van der Waals surface area contributed by atoms with Gasteiger partial charge in [-0.3, -0.25) is 4.79 Å². The number of hydrogen-bond donors (Lipinski definition) is 3. The summed E-state index contributed by atoms with van der Waals surface area (Å²) >= 11 is 0. The van der Waals surface area contributed by atoms with Crippen LogP contribution in [0.5, 0.6) is 0 Å². The van der Waals surface area contributed by atoms with Gasteiger partial charge in [0.1, 0.15) is 6.61 Å². The van der Waals surface area contributed by atoms with Crippen LogP contribution < -0.4 is 10.6 Å². The molecule has 7 heteroatoms. The van der Waals surface area contributed by atoms with E-state index in [-0.39, 0.29) is 25.5 Å². The van der Waals surface area contributed by atoms with Crippen LogP contribution in [0.1, 0.15) is 35.1 Å². The van der Waals surface area contributed by atoms with Crippen LogP contribution in [-0.2, 0) is 14.3 Å². The van der Waals surface area contributed by atoms with E-state index in [0.29, 0.717) is 5.56 Å². The Morgan fingerprint density at radius 2 is 1.42 bits per heavy atom. The third kappa shape index (κ3) is 5.03. The van der Waals surface area contributed by atoms with Crippen molar-refractivity contribution in [2.75, 3.05) is 13.2 Å². The topological polar surface area (TPSA) is 105 Å². The van der Waals surface area contributed by atoms with Crippen LogP contribution in [0.4, 0.5) is 4.79 Å². The summed E-state index contributed by atoms with van der Waals surface area (Å²) in [6.45, 7) is 0.213. The van der Waals surface area contributed by atoms with Gasteiger partial charge in [-0.1, -0.05) is 78.9 Å². The molecule has 1 unspecified atom stereocenters. The Kier molecular flexibility index (Phi) is 6.69. The van der Waals surface area contributed by atoms with Gasteiger partial charge in [-0.2, -0.15) is 0 Å². The molecule has 0 aliphatic heterocycles. The summed E-state index contributed by atoms with van der Waals surface area (Å²) in [6.07, 6.45) is -0.691. The maximum atomic E-state index is 12.2. The minimum absolute atomic E-state index is 0.0314. The first-order chi connectivity index (χ1) is 16.0. The molecule has 0 fully saturated rings. The molecule has 0 saturated carbocycles. The Balaban J connectivity index is 1.27. The highest BCUT2D eigenvalue weighted by Crippen LogP contribution is 2.44. The lowest BCUT2D eigenvalue weighted by Gasteiger charge is -2.16. The normalized spacial score (nSPS) is 12.8. The number of amides is 2. The summed E-state index contributed by atoms with van der Waals surface area (Å²) in [5.41, 5.74) is 5.00. The van der Waals surface area contributed by atoms with Crippen molar-refractivity contribution in [3.05, 3.63) is 95.6 Å². The minimum atomic E-state index is -1.15. The summed E-state index contributed by atoms with van der Waals surface area (Å²) in [7, 11) is 0. The Morgan fingerprint density at radius 3 is 2.03 bits per heavy atom. The molecular formula is C26H24N2O5. The van der Waals surface area contributed by atoms with Crippen molar-refractivity contribution in [3.8, 4) is 11.1 Å². The zero-order chi connectivity index (χ0) is 23.2. The Morgan fingerprint density at radius 1 is 0.848 bits per heavy atom. The van der Waals surface area contributed by atoms with Gasteiger partial charge in [-0.15, -0.1) is 0 Å². The van der Waals surface area contributed by atoms with Gasteiger partial charge in [-0.25, -0.2) is 9.59 Å². The van der Waals surface area contributed by atoms with Gasteiger partial charge in [0, 0.05) is 18.9 Å². The van der Waals surface area contributed by atoms with E-state index in [2.05, 4.69) is 22.8 Å². The lowest BCUT2D eigenvalue weighted by molar-refractivity contribution is -0.142. The molecule has 0 heterocycles. The number of hydrogen-bond acceptors (Lipinski definition) is 4. The lowest BCUT2D eigenvalue weighted by atomic mass is 9.98. The lowest BCUT2D eigenvalue weighted by Crippen LogP contribution is -2.36. The molecule has 168 valence electrons. The highest BCUT2D eigenvalue weighted by atomic mass is 16.5. The molecule has 0 bridgehead atoms. The predicted octanol–water partition coefficient (Wildman–Crippen LogP) is 3.86. The first-order valence-electron chi connectivity index (χ1n) is 10.7. The monoisotopic (exact) mass is 444 g/mol. The number of carboxylic acids is 1. The van der Waals surface area contributed by atoms with Gasteiger partial charge in [0.2, 0.25) is 5.91 Å². The van der Waals surface area contributed by atoms with E-state index in [1.54, 1.807) is 30.3 Å². The van der Waals surface area contributed by atoms with Gasteiger partial charge < -0.3 is 20.5 Å². The van der Waals surface area contributed by atoms with Crippen molar-refractivity contribution in [1.29, 1.82) is 0 Å². The predicted molar refractivity (Wildman–Crippen MR) is 123 cm³/mol. The van der Waals surface area contributed by atoms with Gasteiger partial charge in [0.25, 0.3) is 0 Å². The van der Waals surface area contributed by atoms with Gasteiger partial charge >= 0.3 is 12.1 Å². The molecular weight excluding hydrogens is 420 g/mol. The summed E-state index contributed by atoms with van der Waals surface area (Å²) < 4.78 is 5.43. The molecule has 0 radical (unpaired) electrons. The highest BCUT2D eigenvalue weighted by molar-refractivity contribution is 5.85. The molecule has 1 aliphatic carbocycles. The number of alkyl carbamates (subject to hydrolysis) is 1. The molecule has 2 amide bonds. The van der Waals surface area contributed by atoms with Crippen molar-refractivity contribution in [2.24, 2.45) is 0 Å². The number of carboxylic acid groups (broad SMARTS) is 1. The van der Waals surface area contributed by atoms with Crippen LogP contribution in [0, 0.1) is 0 Å². The summed E-state index contributed by atoms with van der Waals surface area (Å²) in [4.78, 5) is 35.9. The van der Waals surface area contributed by atoms with Crippen molar-refractivity contribution in [3.63, 3.8) is 0 Å². The molecule has 33 heavy (non-hydrogen) atoms. The maximum Gasteiger partial charge on any atom is 0.407 e. The molecule has 3 aromatic rings. The molecule has 7 nitrogen and oxygen atoms in total. The molecule has 0 spiro atoms. The molecule has 3 N–H and O–H groups in total. The number of ether oxygens (including phenoxy) is 1. The van der Waals surface area contributed by atoms with Crippen LogP contribution in [0.2, 0.25) is 0 Å². The van der Waals surface area contributed by atoms with Crippen molar-refractivity contribution in [2.45, 2.75) is 18.4 Å². The smallest absolute Gasteiger partial charge is 0.407 e. The van der Waals surface area contributed by atoms with E-state index in [4.69, 9.17) is 4.74 Å². The van der Waals surface area contributed by atoms with E-state index in [0.717, 1.165) is 22.3 Å². The molecule has 3 aromatic carbocycles. The SMILES string of the molecule is O=C(CCNC(=O)OCC1c2ccccc2-c2ccccc21)NC(C(=O)O)c1ccccc1. The Bertz CT molecular complexity index is 1120. The Hall–Kier alpha value is -4.13. The van der Waals surface area contributed by atoms with E-state index < -0.39 is 24.0 Å². The van der Waals surface area contributed by atoms with Crippen molar-refractivity contribution < 1.29 is 24.2 Å². The van der Waals surface area contributed by atoms with Crippen LogP contribution >= 0.6 is 0 Å². The fourth-order valence-electron chi connectivity index (χ4n) is 4.09.